The number of pyridine rings is 2. The van der Waals surface area contributed by atoms with Crippen molar-refractivity contribution in [2.24, 2.45) is 7.05 Å². The molecule has 1 atom stereocenters. The molecule has 0 aliphatic heterocycles. The second kappa shape index (κ2) is 8.86. The number of carbonyl (C=O) groups excluding carboxylic acids is 1. The molecular formula is C26H24FN3O3. The molecule has 0 saturated heterocycles. The fourth-order valence-corrected chi connectivity index (χ4v) is 4.04. The number of benzene rings is 2. The minimum Gasteiger partial charge on any atom is -0.464 e. The first-order valence-corrected chi connectivity index (χ1v) is 10.5. The number of halogens is 1. The number of aromatic nitrogens is 2. The van der Waals surface area contributed by atoms with Crippen LogP contribution in [0.25, 0.3) is 22.0 Å². The molecule has 2 aromatic heterocycles. The van der Waals surface area contributed by atoms with Gasteiger partial charge in [0.05, 0.1) is 18.5 Å². The lowest BCUT2D eigenvalue weighted by molar-refractivity contribution is 0.0595. The number of anilines is 1. The molecule has 6 nitrogen and oxygen atoms in total. The van der Waals surface area contributed by atoms with Crippen molar-refractivity contribution in [3.63, 3.8) is 0 Å². The van der Waals surface area contributed by atoms with Gasteiger partial charge < -0.3 is 14.6 Å². The Hall–Kier alpha value is -4.00. The summed E-state index contributed by atoms with van der Waals surface area (Å²) in [4.78, 5) is 29.5. The molecule has 2 aromatic carbocycles. The first-order valence-electron chi connectivity index (χ1n) is 10.5. The van der Waals surface area contributed by atoms with Gasteiger partial charge in [0.25, 0.3) is 5.56 Å². The number of hydrogen-bond acceptors (Lipinski definition) is 5. The summed E-state index contributed by atoms with van der Waals surface area (Å²) in [6.45, 7) is 3.89. The number of nitrogens with one attached hydrogen (secondary N) is 1. The van der Waals surface area contributed by atoms with Gasteiger partial charge in [0.2, 0.25) is 0 Å². The van der Waals surface area contributed by atoms with Gasteiger partial charge >= 0.3 is 5.97 Å². The second-order valence-electron chi connectivity index (χ2n) is 7.97. The number of fused-ring (bicyclic) bond motifs is 1. The zero-order valence-corrected chi connectivity index (χ0v) is 18.8. The molecule has 33 heavy (non-hydrogen) atoms. The quantitative estimate of drug-likeness (QED) is 0.437. The molecule has 0 saturated carbocycles. The fraction of sp³-hybridized carbons (Fsp3) is 0.192. The lowest BCUT2D eigenvalue weighted by Crippen LogP contribution is -2.20. The van der Waals surface area contributed by atoms with Crippen molar-refractivity contribution < 1.29 is 13.9 Å². The van der Waals surface area contributed by atoms with Crippen molar-refractivity contribution in [1.29, 1.82) is 0 Å². The molecule has 1 unspecified atom stereocenters. The van der Waals surface area contributed by atoms with Crippen molar-refractivity contribution in [1.82, 2.24) is 9.55 Å². The highest BCUT2D eigenvalue weighted by atomic mass is 19.1. The molecule has 7 heteroatoms. The molecule has 0 aliphatic carbocycles. The van der Waals surface area contributed by atoms with Crippen LogP contribution in [0.3, 0.4) is 0 Å². The summed E-state index contributed by atoms with van der Waals surface area (Å²) in [5.74, 6) is -0.872. The van der Waals surface area contributed by atoms with Crippen molar-refractivity contribution in [2.75, 3.05) is 12.4 Å². The Morgan fingerprint density at radius 3 is 2.55 bits per heavy atom. The molecule has 2 heterocycles. The monoisotopic (exact) mass is 445 g/mol. The van der Waals surface area contributed by atoms with Gasteiger partial charge in [-0.15, -0.1) is 0 Å². The Morgan fingerprint density at radius 1 is 1.12 bits per heavy atom. The molecular weight excluding hydrogens is 421 g/mol. The van der Waals surface area contributed by atoms with Gasteiger partial charge in [-0.1, -0.05) is 6.07 Å². The number of nitrogens with zero attached hydrogens (tertiary/aromatic N) is 2. The lowest BCUT2D eigenvalue weighted by atomic mass is 9.96. The third kappa shape index (κ3) is 4.22. The van der Waals surface area contributed by atoms with Gasteiger partial charge in [-0.05, 0) is 84.5 Å². The number of carbonyl (C=O) groups is 1. The van der Waals surface area contributed by atoms with E-state index in [9.17, 15) is 14.0 Å². The highest BCUT2D eigenvalue weighted by Crippen LogP contribution is 2.31. The largest absolute Gasteiger partial charge is 0.464 e. The Morgan fingerprint density at radius 2 is 1.85 bits per heavy atom. The van der Waals surface area contributed by atoms with Crippen molar-refractivity contribution in [3.05, 3.63) is 93.8 Å². The number of hydrogen-bond donors (Lipinski definition) is 1. The van der Waals surface area contributed by atoms with Gasteiger partial charge in [0.1, 0.15) is 5.82 Å². The number of rotatable bonds is 5. The maximum absolute atomic E-state index is 13.5. The van der Waals surface area contributed by atoms with E-state index in [1.54, 1.807) is 35.9 Å². The van der Waals surface area contributed by atoms with Crippen LogP contribution in [0.1, 0.15) is 34.6 Å². The fourth-order valence-electron chi connectivity index (χ4n) is 4.04. The lowest BCUT2D eigenvalue weighted by Gasteiger charge is -2.21. The van der Waals surface area contributed by atoms with E-state index in [4.69, 9.17) is 4.74 Å². The third-order valence-corrected chi connectivity index (χ3v) is 5.70. The average Bonchev–Trinajstić information content (AvgIpc) is 2.81. The van der Waals surface area contributed by atoms with E-state index in [2.05, 4.69) is 10.3 Å². The zero-order valence-electron chi connectivity index (χ0n) is 18.8. The highest BCUT2D eigenvalue weighted by molar-refractivity contribution is 5.94. The number of ether oxygens (including phenoxy) is 1. The third-order valence-electron chi connectivity index (χ3n) is 5.70. The normalized spacial score (nSPS) is 11.9. The van der Waals surface area contributed by atoms with E-state index < -0.39 is 5.97 Å². The van der Waals surface area contributed by atoms with Crippen LogP contribution in [0.5, 0.6) is 0 Å². The van der Waals surface area contributed by atoms with Gasteiger partial charge in [-0.25, -0.2) is 14.2 Å². The van der Waals surface area contributed by atoms with Crippen molar-refractivity contribution >= 4 is 22.4 Å². The van der Waals surface area contributed by atoms with E-state index in [0.717, 1.165) is 22.1 Å². The van der Waals surface area contributed by atoms with E-state index in [-0.39, 0.29) is 23.1 Å². The summed E-state index contributed by atoms with van der Waals surface area (Å²) in [6.07, 6.45) is 1.53. The van der Waals surface area contributed by atoms with Gasteiger partial charge in [-0.3, -0.25) is 4.79 Å². The van der Waals surface area contributed by atoms with Crippen LogP contribution in [-0.2, 0) is 11.8 Å². The Balaban J connectivity index is 1.87. The molecule has 0 radical (unpaired) electrons. The molecule has 0 spiro atoms. The maximum Gasteiger partial charge on any atom is 0.358 e. The average molecular weight is 445 g/mol. The standard InChI is InChI=1S/C26H24FN3O3/c1-15-12-19(16(2)29-22-6-5-11-28-24(22)26(32)33-4)20-14-23(17-7-9-18(27)10-8-17)30(3)25(31)21(20)13-15/h5-14,16,29H,1-4H3. The van der Waals surface area contributed by atoms with Crippen molar-refractivity contribution in [3.8, 4) is 11.3 Å². The molecule has 0 aliphatic rings. The minimum atomic E-state index is -0.535. The summed E-state index contributed by atoms with van der Waals surface area (Å²) in [6, 6.07) is 15.1. The smallest absolute Gasteiger partial charge is 0.358 e. The summed E-state index contributed by atoms with van der Waals surface area (Å²) in [5.41, 5.74) is 3.84. The van der Waals surface area contributed by atoms with Crippen LogP contribution in [0, 0.1) is 12.7 Å². The topological polar surface area (TPSA) is 73.2 Å². The summed E-state index contributed by atoms with van der Waals surface area (Å²) < 4.78 is 19.9. The van der Waals surface area contributed by atoms with E-state index in [1.165, 1.54) is 25.4 Å². The molecule has 1 N–H and O–H groups in total. The number of aryl methyl sites for hydroxylation is 1. The molecule has 4 aromatic rings. The predicted octanol–water partition coefficient (Wildman–Crippen LogP) is 5.01. The van der Waals surface area contributed by atoms with E-state index >= 15 is 0 Å². The maximum atomic E-state index is 13.5. The Labute approximate surface area is 190 Å². The van der Waals surface area contributed by atoms with E-state index in [0.29, 0.717) is 16.8 Å². The van der Waals surface area contributed by atoms with Gasteiger partial charge in [-0.2, -0.15) is 0 Å². The van der Waals surface area contributed by atoms with Crippen LogP contribution in [0.4, 0.5) is 10.1 Å². The van der Waals surface area contributed by atoms with Crippen LogP contribution in [0.2, 0.25) is 0 Å². The summed E-state index contributed by atoms with van der Waals surface area (Å²) in [7, 11) is 3.02. The SMILES string of the molecule is COC(=O)c1ncccc1NC(C)c1cc(C)cc2c(=O)n(C)c(-c3ccc(F)cc3)cc12. The number of esters is 1. The van der Waals surface area contributed by atoms with Crippen LogP contribution in [0.15, 0.2) is 65.6 Å². The second-order valence-corrected chi connectivity index (χ2v) is 7.97. The zero-order chi connectivity index (χ0) is 23.7. The first kappa shape index (κ1) is 22.2. The van der Waals surface area contributed by atoms with Gasteiger partial charge in [0, 0.05) is 24.7 Å². The first-order chi connectivity index (χ1) is 15.8. The Kier molecular flexibility index (Phi) is 5.96. The summed E-state index contributed by atoms with van der Waals surface area (Å²) >= 11 is 0. The van der Waals surface area contributed by atoms with E-state index in [1.807, 2.05) is 32.0 Å². The molecule has 0 amide bonds. The van der Waals surface area contributed by atoms with Crippen LogP contribution >= 0.6 is 0 Å². The molecule has 168 valence electrons. The number of methoxy groups -OCH3 is 1. The highest BCUT2D eigenvalue weighted by Gasteiger charge is 2.19. The van der Waals surface area contributed by atoms with Crippen LogP contribution in [-0.4, -0.2) is 22.6 Å². The molecule has 4 rings (SSSR count). The van der Waals surface area contributed by atoms with Crippen LogP contribution < -0.4 is 10.9 Å². The van der Waals surface area contributed by atoms with Crippen molar-refractivity contribution in [2.45, 2.75) is 19.9 Å². The Bertz CT molecular complexity index is 1410. The molecule has 0 fully saturated rings. The summed E-state index contributed by atoms with van der Waals surface area (Å²) in [5, 5.41) is 4.71. The predicted molar refractivity (Wildman–Crippen MR) is 127 cm³/mol. The minimum absolute atomic E-state index is 0.138. The molecule has 0 bridgehead atoms. The van der Waals surface area contributed by atoms with Gasteiger partial charge in [0.15, 0.2) is 5.69 Å².